The fourth-order valence-electron chi connectivity index (χ4n) is 2.59. The van der Waals surface area contributed by atoms with Crippen LogP contribution in [0.3, 0.4) is 0 Å². The molecule has 1 aromatic rings. The molecule has 1 unspecified atom stereocenters. The zero-order valence-electron chi connectivity index (χ0n) is 12.2. The first-order valence-corrected chi connectivity index (χ1v) is 6.72. The Labute approximate surface area is 122 Å². The van der Waals surface area contributed by atoms with E-state index in [1.807, 2.05) is 7.05 Å². The minimum Gasteiger partial charge on any atom is -0.383 e. The molecule has 1 aliphatic rings. The molecule has 1 fully saturated rings. The Morgan fingerprint density at radius 3 is 2.95 bits per heavy atom. The van der Waals surface area contributed by atoms with E-state index in [0.29, 0.717) is 12.5 Å². The van der Waals surface area contributed by atoms with Crippen molar-refractivity contribution in [2.75, 3.05) is 39.5 Å². The normalized spacial score (nSPS) is 18.7. The third-order valence-electron chi connectivity index (χ3n) is 3.71. The van der Waals surface area contributed by atoms with Gasteiger partial charge in [-0.2, -0.15) is 0 Å². The molecule has 2 heterocycles. The lowest BCUT2D eigenvalue weighted by Gasteiger charge is -2.21. The smallest absolute Gasteiger partial charge is 0.288 e. The summed E-state index contributed by atoms with van der Waals surface area (Å²) >= 11 is 0. The van der Waals surface area contributed by atoms with Gasteiger partial charge in [-0.1, -0.05) is 0 Å². The van der Waals surface area contributed by atoms with Gasteiger partial charge in [0.05, 0.1) is 10.5 Å². The average Bonchev–Trinajstić information content (AvgIpc) is 2.83. The van der Waals surface area contributed by atoms with Crippen LogP contribution in [-0.2, 0) is 0 Å². The van der Waals surface area contributed by atoms with E-state index in [1.54, 1.807) is 11.9 Å². The molecular formula is C13H19N5O3. The van der Waals surface area contributed by atoms with Crippen LogP contribution in [0.15, 0.2) is 12.3 Å². The molecule has 2 N–H and O–H groups in total. The van der Waals surface area contributed by atoms with E-state index >= 15 is 0 Å². The summed E-state index contributed by atoms with van der Waals surface area (Å²) in [5.74, 6) is 0.0936. The highest BCUT2D eigenvalue weighted by molar-refractivity contribution is 5.98. The molecule has 2 rings (SSSR count). The van der Waals surface area contributed by atoms with Crippen molar-refractivity contribution < 1.29 is 9.72 Å². The highest BCUT2D eigenvalue weighted by atomic mass is 16.6. The highest BCUT2D eigenvalue weighted by Crippen LogP contribution is 2.20. The Morgan fingerprint density at radius 1 is 1.67 bits per heavy atom. The first kappa shape index (κ1) is 15.2. The van der Waals surface area contributed by atoms with Crippen LogP contribution in [0, 0.1) is 16.0 Å². The minimum atomic E-state index is -0.588. The second kappa shape index (κ2) is 6.04. The Hall–Kier alpha value is -2.22. The molecule has 0 saturated carbocycles. The van der Waals surface area contributed by atoms with Crippen molar-refractivity contribution in [1.82, 2.24) is 14.8 Å². The number of nitrogen functional groups attached to an aromatic ring is 1. The molecule has 0 bridgehead atoms. The van der Waals surface area contributed by atoms with Crippen molar-refractivity contribution in [2.24, 2.45) is 5.92 Å². The van der Waals surface area contributed by atoms with Crippen molar-refractivity contribution in [3.05, 3.63) is 27.9 Å². The van der Waals surface area contributed by atoms with Crippen LogP contribution < -0.4 is 5.73 Å². The number of likely N-dealkylation sites (tertiary alicyclic amines) is 1. The summed E-state index contributed by atoms with van der Waals surface area (Å²) in [6.45, 7) is 2.57. The third-order valence-corrected chi connectivity index (χ3v) is 3.71. The maximum Gasteiger partial charge on any atom is 0.288 e. The van der Waals surface area contributed by atoms with Crippen molar-refractivity contribution >= 4 is 17.4 Å². The number of pyridine rings is 1. The number of hydrogen-bond acceptors (Lipinski definition) is 6. The summed E-state index contributed by atoms with van der Waals surface area (Å²) < 4.78 is 0. The molecule has 8 nitrogen and oxygen atoms in total. The summed E-state index contributed by atoms with van der Waals surface area (Å²) in [6, 6.07) is 1.18. The molecule has 1 atom stereocenters. The number of carbonyl (C=O) groups excluding carboxylic acids is 1. The molecule has 0 radical (unpaired) electrons. The second-order valence-electron chi connectivity index (χ2n) is 5.49. The summed E-state index contributed by atoms with van der Waals surface area (Å²) in [6.07, 6.45) is 2.09. The number of nitrogens with two attached hydrogens (primary N) is 1. The predicted molar refractivity (Wildman–Crippen MR) is 77.9 cm³/mol. The number of amides is 1. The molecule has 8 heteroatoms. The fraction of sp³-hybridized carbons (Fsp3) is 0.538. The lowest BCUT2D eigenvalue weighted by atomic mass is 10.1. The standard InChI is InChI=1S/C13H19N5O3/c1-16-4-3-9(7-16)8-17(2)13(19)11-5-10(18(20)21)6-15-12(11)14/h5-6,9H,3-4,7-8H2,1-2H3,(H2,14,15). The van der Waals surface area contributed by atoms with Crippen molar-refractivity contribution in [2.45, 2.75) is 6.42 Å². The first-order valence-electron chi connectivity index (χ1n) is 6.72. The zero-order valence-corrected chi connectivity index (χ0v) is 12.2. The summed E-state index contributed by atoms with van der Waals surface area (Å²) in [7, 11) is 3.73. The zero-order chi connectivity index (χ0) is 15.6. The Morgan fingerprint density at radius 2 is 2.38 bits per heavy atom. The van der Waals surface area contributed by atoms with E-state index in [4.69, 9.17) is 5.73 Å². The Bertz CT molecular complexity index is 563. The van der Waals surface area contributed by atoms with Gasteiger partial charge in [-0.05, 0) is 25.9 Å². The molecule has 0 spiro atoms. The number of anilines is 1. The van der Waals surface area contributed by atoms with Gasteiger partial charge >= 0.3 is 0 Å². The Balaban J connectivity index is 2.11. The van der Waals surface area contributed by atoms with Gasteiger partial charge in [-0.25, -0.2) is 4.98 Å². The summed E-state index contributed by atoms with van der Waals surface area (Å²) in [5.41, 5.74) is 5.52. The van der Waals surface area contributed by atoms with Gasteiger partial charge in [0, 0.05) is 26.2 Å². The van der Waals surface area contributed by atoms with Crippen LogP contribution in [0.1, 0.15) is 16.8 Å². The van der Waals surface area contributed by atoms with E-state index in [-0.39, 0.29) is 23.0 Å². The quantitative estimate of drug-likeness (QED) is 0.643. The van der Waals surface area contributed by atoms with Gasteiger partial charge in [0.2, 0.25) is 0 Å². The molecule has 1 amide bonds. The van der Waals surface area contributed by atoms with Crippen LogP contribution in [0.5, 0.6) is 0 Å². The van der Waals surface area contributed by atoms with Crippen LogP contribution in [0.25, 0.3) is 0 Å². The number of carbonyl (C=O) groups is 1. The van der Waals surface area contributed by atoms with Crippen LogP contribution in [0.4, 0.5) is 11.5 Å². The summed E-state index contributed by atoms with van der Waals surface area (Å²) in [4.78, 5) is 30.1. The third kappa shape index (κ3) is 3.46. The van der Waals surface area contributed by atoms with E-state index in [9.17, 15) is 14.9 Å². The minimum absolute atomic E-state index is 0.0148. The molecule has 0 aromatic carbocycles. The van der Waals surface area contributed by atoms with Crippen molar-refractivity contribution in [3.63, 3.8) is 0 Å². The maximum absolute atomic E-state index is 12.4. The number of aromatic nitrogens is 1. The number of rotatable bonds is 4. The van der Waals surface area contributed by atoms with Crippen LogP contribution in [-0.4, -0.2) is 59.3 Å². The van der Waals surface area contributed by atoms with Gasteiger partial charge < -0.3 is 15.5 Å². The van der Waals surface area contributed by atoms with E-state index in [2.05, 4.69) is 9.88 Å². The second-order valence-corrected chi connectivity index (χ2v) is 5.49. The number of nitro groups is 1. The molecule has 114 valence electrons. The lowest BCUT2D eigenvalue weighted by molar-refractivity contribution is -0.385. The van der Waals surface area contributed by atoms with E-state index in [0.717, 1.165) is 25.7 Å². The van der Waals surface area contributed by atoms with Gasteiger partial charge in [0.15, 0.2) is 0 Å². The monoisotopic (exact) mass is 293 g/mol. The Kier molecular flexibility index (Phi) is 4.37. The van der Waals surface area contributed by atoms with Gasteiger partial charge in [0.25, 0.3) is 11.6 Å². The largest absolute Gasteiger partial charge is 0.383 e. The van der Waals surface area contributed by atoms with E-state index < -0.39 is 4.92 Å². The lowest BCUT2D eigenvalue weighted by Crippen LogP contribution is -2.33. The molecule has 1 aliphatic heterocycles. The van der Waals surface area contributed by atoms with Gasteiger partial charge in [-0.3, -0.25) is 14.9 Å². The topological polar surface area (TPSA) is 106 Å². The van der Waals surface area contributed by atoms with Crippen LogP contribution in [0.2, 0.25) is 0 Å². The van der Waals surface area contributed by atoms with Crippen LogP contribution >= 0.6 is 0 Å². The molecule has 1 saturated heterocycles. The summed E-state index contributed by atoms with van der Waals surface area (Å²) in [5, 5.41) is 10.8. The number of nitrogens with zero attached hydrogens (tertiary/aromatic N) is 4. The molecule has 21 heavy (non-hydrogen) atoms. The molecular weight excluding hydrogens is 274 g/mol. The first-order chi connectivity index (χ1) is 9.88. The van der Waals surface area contributed by atoms with Crippen molar-refractivity contribution in [1.29, 1.82) is 0 Å². The van der Waals surface area contributed by atoms with Crippen molar-refractivity contribution in [3.8, 4) is 0 Å². The fourth-order valence-corrected chi connectivity index (χ4v) is 2.59. The average molecular weight is 293 g/mol. The molecule has 1 aromatic heterocycles. The number of hydrogen-bond donors (Lipinski definition) is 1. The van der Waals surface area contributed by atoms with E-state index in [1.165, 1.54) is 6.07 Å². The van der Waals surface area contributed by atoms with Gasteiger partial charge in [-0.15, -0.1) is 0 Å². The highest BCUT2D eigenvalue weighted by Gasteiger charge is 2.25. The van der Waals surface area contributed by atoms with Gasteiger partial charge in [0.1, 0.15) is 12.0 Å². The SMILES string of the molecule is CN1CCC(CN(C)C(=O)c2cc([N+](=O)[O-])cnc2N)C1. The maximum atomic E-state index is 12.4. The molecule has 0 aliphatic carbocycles. The predicted octanol–water partition coefficient (Wildman–Crippen LogP) is 0.596.